The average Bonchev–Trinajstić information content (AvgIpc) is 3.54. The summed E-state index contributed by atoms with van der Waals surface area (Å²) in [6, 6.07) is 9.05. The molecule has 5 rings (SSSR count). The van der Waals surface area contributed by atoms with Crippen LogP contribution in [0.3, 0.4) is 0 Å². The number of nitrogens with zero attached hydrogens (tertiary/aromatic N) is 5. The lowest BCUT2D eigenvalue weighted by Gasteiger charge is -2.13. The summed E-state index contributed by atoms with van der Waals surface area (Å²) in [5, 5.41) is 17.1. The van der Waals surface area contributed by atoms with Crippen LogP contribution in [0.25, 0.3) is 33.7 Å². The highest BCUT2D eigenvalue weighted by molar-refractivity contribution is 7.92. The predicted octanol–water partition coefficient (Wildman–Crippen LogP) is 3.23. The number of aromatic amines is 2. The van der Waals surface area contributed by atoms with Crippen LogP contribution in [0.1, 0.15) is 5.56 Å². The van der Waals surface area contributed by atoms with Crippen molar-refractivity contribution >= 4 is 26.6 Å². The molecule has 174 valence electrons. The molecule has 0 fully saturated rings. The zero-order valence-electron chi connectivity index (χ0n) is 17.9. The van der Waals surface area contributed by atoms with Crippen molar-refractivity contribution in [1.82, 2.24) is 30.1 Å². The maximum atomic E-state index is 15.5. The SMILES string of the molecule is COc1ncccc1S(=O)(=O)Nc1ccnc(-c2ccc3c(-c4ncc[nH]4)[nH]nc3c2F)c1C#N. The summed E-state index contributed by atoms with van der Waals surface area (Å²) in [6.07, 6.45) is 5.85. The number of halogens is 1. The molecule has 0 amide bonds. The van der Waals surface area contributed by atoms with Gasteiger partial charge in [0.05, 0.1) is 18.5 Å². The monoisotopic (exact) mass is 490 g/mol. The molecule has 35 heavy (non-hydrogen) atoms. The van der Waals surface area contributed by atoms with Crippen LogP contribution in [0, 0.1) is 17.1 Å². The first kappa shape index (κ1) is 22.0. The molecule has 0 atom stereocenters. The maximum absolute atomic E-state index is 15.5. The number of benzene rings is 1. The molecule has 0 aliphatic rings. The number of rotatable bonds is 6. The van der Waals surface area contributed by atoms with Crippen molar-refractivity contribution in [2.24, 2.45) is 0 Å². The first-order valence-electron chi connectivity index (χ1n) is 10.0. The fourth-order valence-corrected chi connectivity index (χ4v) is 4.80. The number of nitrogens with one attached hydrogen (secondary N) is 3. The normalized spacial score (nSPS) is 11.3. The van der Waals surface area contributed by atoms with Crippen LogP contribution in [-0.2, 0) is 10.0 Å². The van der Waals surface area contributed by atoms with Crippen LogP contribution in [0.2, 0.25) is 0 Å². The number of fused-ring (bicyclic) bond motifs is 1. The summed E-state index contributed by atoms with van der Waals surface area (Å²) in [7, 11) is -2.90. The smallest absolute Gasteiger partial charge is 0.267 e. The van der Waals surface area contributed by atoms with Crippen LogP contribution in [0.5, 0.6) is 5.88 Å². The van der Waals surface area contributed by atoms with Gasteiger partial charge in [-0.15, -0.1) is 0 Å². The van der Waals surface area contributed by atoms with Gasteiger partial charge in [-0.3, -0.25) is 14.8 Å². The van der Waals surface area contributed by atoms with E-state index in [1.807, 2.05) is 6.07 Å². The fourth-order valence-electron chi connectivity index (χ4n) is 3.61. The summed E-state index contributed by atoms with van der Waals surface area (Å²) < 4.78 is 48.9. The van der Waals surface area contributed by atoms with E-state index in [4.69, 9.17) is 4.74 Å². The highest BCUT2D eigenvalue weighted by Crippen LogP contribution is 2.35. The number of ether oxygens (including phenoxy) is 1. The maximum Gasteiger partial charge on any atom is 0.267 e. The standard InChI is InChI=1S/C22H15FN8O3S/c1-34-22-16(3-2-7-28-22)35(32,33)31-15-6-8-25-18(14(15)11-24)12-4-5-13-19(17(12)23)29-30-20(13)21-26-9-10-27-21/h2-10H,1H3,(H,25,31)(H,26,27)(H,29,30). The molecule has 13 heteroatoms. The topological polar surface area (TPSA) is 162 Å². The molecule has 4 aromatic heterocycles. The van der Waals surface area contributed by atoms with Crippen molar-refractivity contribution in [3.05, 3.63) is 66.5 Å². The number of pyridine rings is 2. The third kappa shape index (κ3) is 3.71. The first-order valence-corrected chi connectivity index (χ1v) is 11.5. The van der Waals surface area contributed by atoms with Crippen molar-refractivity contribution in [3.63, 3.8) is 0 Å². The lowest BCUT2D eigenvalue weighted by molar-refractivity contribution is 0.385. The van der Waals surface area contributed by atoms with E-state index in [1.165, 1.54) is 43.8 Å². The number of hydrogen-bond donors (Lipinski definition) is 3. The minimum absolute atomic E-state index is 0.0191. The molecule has 5 aromatic rings. The second-order valence-corrected chi connectivity index (χ2v) is 8.82. The van der Waals surface area contributed by atoms with Gasteiger partial charge in [-0.25, -0.2) is 22.8 Å². The zero-order chi connectivity index (χ0) is 24.6. The second-order valence-electron chi connectivity index (χ2n) is 7.17. The van der Waals surface area contributed by atoms with Gasteiger partial charge in [-0.1, -0.05) is 0 Å². The van der Waals surface area contributed by atoms with E-state index < -0.39 is 15.8 Å². The number of aromatic nitrogens is 6. The number of hydrogen-bond acceptors (Lipinski definition) is 8. The van der Waals surface area contributed by atoms with Crippen LogP contribution < -0.4 is 9.46 Å². The van der Waals surface area contributed by atoms with Crippen LogP contribution in [-0.4, -0.2) is 45.7 Å². The minimum atomic E-state index is -4.19. The number of imidazole rings is 1. The van der Waals surface area contributed by atoms with Crippen molar-refractivity contribution in [1.29, 1.82) is 5.26 Å². The second kappa shape index (κ2) is 8.50. The third-order valence-corrected chi connectivity index (χ3v) is 6.56. The molecule has 0 unspecified atom stereocenters. The molecule has 0 bridgehead atoms. The molecule has 0 aliphatic heterocycles. The Balaban J connectivity index is 1.60. The molecule has 3 N–H and O–H groups in total. The number of H-pyrrole nitrogens is 2. The van der Waals surface area contributed by atoms with Gasteiger partial charge in [-0.2, -0.15) is 10.4 Å². The Morgan fingerprint density at radius 1 is 1.11 bits per heavy atom. The molecular weight excluding hydrogens is 475 g/mol. The number of anilines is 1. The van der Waals surface area contributed by atoms with Gasteiger partial charge in [0.15, 0.2) is 11.6 Å². The van der Waals surface area contributed by atoms with Gasteiger partial charge < -0.3 is 9.72 Å². The Kier molecular flexibility index (Phi) is 5.34. The Morgan fingerprint density at radius 2 is 1.97 bits per heavy atom. The lowest BCUT2D eigenvalue weighted by Crippen LogP contribution is -2.16. The van der Waals surface area contributed by atoms with E-state index >= 15 is 4.39 Å². The van der Waals surface area contributed by atoms with Gasteiger partial charge in [0.25, 0.3) is 10.0 Å². The van der Waals surface area contributed by atoms with Crippen LogP contribution >= 0.6 is 0 Å². The van der Waals surface area contributed by atoms with Gasteiger partial charge >= 0.3 is 0 Å². The Labute approximate surface area is 197 Å². The molecule has 0 saturated heterocycles. The van der Waals surface area contributed by atoms with E-state index in [0.29, 0.717) is 16.9 Å². The Hall–Kier alpha value is -4.83. The quantitative estimate of drug-likeness (QED) is 0.327. The van der Waals surface area contributed by atoms with E-state index in [2.05, 4.69) is 34.9 Å². The fraction of sp³-hybridized carbons (Fsp3) is 0.0455. The molecular formula is C22H15FN8O3S. The average molecular weight is 490 g/mol. The summed E-state index contributed by atoms with van der Waals surface area (Å²) in [5.74, 6) is -0.359. The lowest BCUT2D eigenvalue weighted by atomic mass is 10.0. The van der Waals surface area contributed by atoms with Crippen LogP contribution in [0.4, 0.5) is 10.1 Å². The van der Waals surface area contributed by atoms with E-state index in [0.717, 1.165) is 0 Å². The number of sulfonamides is 1. The van der Waals surface area contributed by atoms with Crippen molar-refractivity contribution in [2.45, 2.75) is 4.90 Å². The van der Waals surface area contributed by atoms with Gasteiger partial charge in [0, 0.05) is 35.7 Å². The molecule has 0 saturated carbocycles. The molecule has 4 heterocycles. The molecule has 1 aromatic carbocycles. The number of nitriles is 1. The molecule has 11 nitrogen and oxygen atoms in total. The number of methoxy groups -OCH3 is 1. The van der Waals surface area contributed by atoms with E-state index in [1.54, 1.807) is 18.5 Å². The minimum Gasteiger partial charge on any atom is -0.480 e. The van der Waals surface area contributed by atoms with Gasteiger partial charge in [-0.05, 0) is 30.3 Å². The Bertz CT molecular complexity index is 1710. The van der Waals surface area contributed by atoms with Crippen LogP contribution in [0.15, 0.2) is 60.0 Å². The van der Waals surface area contributed by atoms with Gasteiger partial charge in [0.2, 0.25) is 5.88 Å². The van der Waals surface area contributed by atoms with Crippen molar-refractivity contribution in [2.75, 3.05) is 11.8 Å². The predicted molar refractivity (Wildman–Crippen MR) is 123 cm³/mol. The molecule has 0 radical (unpaired) electrons. The first-order chi connectivity index (χ1) is 16.9. The van der Waals surface area contributed by atoms with Crippen molar-refractivity contribution in [3.8, 4) is 34.7 Å². The van der Waals surface area contributed by atoms with Crippen molar-refractivity contribution < 1.29 is 17.5 Å². The summed E-state index contributed by atoms with van der Waals surface area (Å²) >= 11 is 0. The zero-order valence-corrected chi connectivity index (χ0v) is 18.8. The van der Waals surface area contributed by atoms with E-state index in [9.17, 15) is 13.7 Å². The largest absolute Gasteiger partial charge is 0.480 e. The third-order valence-electron chi connectivity index (χ3n) is 5.18. The summed E-state index contributed by atoms with van der Waals surface area (Å²) in [4.78, 5) is 14.9. The summed E-state index contributed by atoms with van der Waals surface area (Å²) in [5.41, 5.74) is 0.195. The summed E-state index contributed by atoms with van der Waals surface area (Å²) in [6.45, 7) is 0. The highest BCUT2D eigenvalue weighted by atomic mass is 32.2. The Morgan fingerprint density at radius 3 is 2.71 bits per heavy atom. The van der Waals surface area contributed by atoms with E-state index in [-0.39, 0.29) is 38.8 Å². The molecule has 0 spiro atoms. The highest BCUT2D eigenvalue weighted by Gasteiger charge is 2.25. The van der Waals surface area contributed by atoms with Gasteiger partial charge in [0.1, 0.15) is 27.7 Å². The molecule has 0 aliphatic carbocycles.